The van der Waals surface area contributed by atoms with Crippen LogP contribution >= 0.6 is 24.8 Å². The molecule has 1 fully saturated rings. The topological polar surface area (TPSA) is 67.6 Å². The van der Waals surface area contributed by atoms with Gasteiger partial charge in [-0.15, -0.1) is 24.8 Å². The van der Waals surface area contributed by atoms with Crippen molar-refractivity contribution >= 4 is 36.4 Å². The number of nitrogens with zero attached hydrogens (tertiary/aromatic N) is 1. The van der Waals surface area contributed by atoms with Gasteiger partial charge in [0.1, 0.15) is 5.54 Å². The van der Waals surface area contributed by atoms with E-state index in [1.165, 1.54) is 5.56 Å². The summed E-state index contributed by atoms with van der Waals surface area (Å²) >= 11 is 0. The predicted octanol–water partition coefficient (Wildman–Crippen LogP) is 2.35. The molecule has 1 amide bonds. The van der Waals surface area contributed by atoms with E-state index in [-0.39, 0.29) is 30.7 Å². The van der Waals surface area contributed by atoms with Crippen LogP contribution in [0, 0.1) is 6.92 Å². The highest BCUT2D eigenvalue weighted by Gasteiger charge is 2.36. The zero-order valence-electron chi connectivity index (χ0n) is 13.9. The summed E-state index contributed by atoms with van der Waals surface area (Å²) < 4.78 is 5.29. The van der Waals surface area contributed by atoms with E-state index < -0.39 is 5.54 Å². The van der Waals surface area contributed by atoms with Crippen LogP contribution in [0.3, 0.4) is 0 Å². The fraction of sp³-hybridized carbons (Fsp3) is 0.562. The summed E-state index contributed by atoms with van der Waals surface area (Å²) in [5.74, 6) is -0.115. The molecule has 0 bridgehead atoms. The Morgan fingerprint density at radius 1 is 1.30 bits per heavy atom. The molecular formula is C16H27Cl2N3O2. The van der Waals surface area contributed by atoms with Crippen LogP contribution in [-0.2, 0) is 16.1 Å². The molecule has 0 aromatic heterocycles. The fourth-order valence-electron chi connectivity index (χ4n) is 2.48. The molecule has 0 atom stereocenters. The summed E-state index contributed by atoms with van der Waals surface area (Å²) in [6.07, 6.45) is 1.13. The van der Waals surface area contributed by atoms with Crippen molar-refractivity contribution in [2.75, 3.05) is 32.6 Å². The average molecular weight is 364 g/mol. The van der Waals surface area contributed by atoms with Gasteiger partial charge in [0.05, 0.1) is 0 Å². The Bertz CT molecular complexity index is 518. The fourth-order valence-corrected chi connectivity index (χ4v) is 2.48. The number of halogens is 2. The third-order valence-electron chi connectivity index (χ3n) is 3.89. The quantitative estimate of drug-likeness (QED) is 0.861. The molecule has 23 heavy (non-hydrogen) atoms. The number of carbonyl (C=O) groups is 1. The maximum Gasteiger partial charge on any atom is 0.244 e. The van der Waals surface area contributed by atoms with Crippen molar-refractivity contribution in [3.63, 3.8) is 0 Å². The first-order valence-corrected chi connectivity index (χ1v) is 7.33. The van der Waals surface area contributed by atoms with E-state index in [0.29, 0.717) is 26.1 Å². The van der Waals surface area contributed by atoms with Gasteiger partial charge in [-0.25, -0.2) is 0 Å². The van der Waals surface area contributed by atoms with Crippen molar-refractivity contribution in [2.24, 2.45) is 5.73 Å². The minimum absolute atomic E-state index is 0. The summed E-state index contributed by atoms with van der Waals surface area (Å²) in [4.78, 5) is 14.6. The third-order valence-corrected chi connectivity index (χ3v) is 3.89. The van der Waals surface area contributed by atoms with Crippen LogP contribution in [0.15, 0.2) is 18.2 Å². The normalized spacial score (nSPS) is 16.2. The molecule has 1 aliphatic heterocycles. The van der Waals surface area contributed by atoms with Crippen molar-refractivity contribution in [3.8, 4) is 0 Å². The summed E-state index contributed by atoms with van der Waals surface area (Å²) in [5, 5.41) is 3.00. The van der Waals surface area contributed by atoms with E-state index in [9.17, 15) is 4.79 Å². The summed E-state index contributed by atoms with van der Waals surface area (Å²) in [6.45, 7) is 3.92. The van der Waals surface area contributed by atoms with Gasteiger partial charge in [-0.2, -0.15) is 0 Å². The highest BCUT2D eigenvalue weighted by atomic mass is 35.5. The molecular weight excluding hydrogens is 337 g/mol. The number of carbonyl (C=O) groups excluding carboxylic acids is 1. The summed E-state index contributed by atoms with van der Waals surface area (Å²) in [5.41, 5.74) is 8.45. The molecule has 0 aliphatic carbocycles. The SMILES string of the molecule is Cc1ccc(CN(C)C)cc1NC(=O)C1(N)CCOCC1.Cl.Cl. The lowest BCUT2D eigenvalue weighted by molar-refractivity contribution is -0.124. The van der Waals surface area contributed by atoms with Crippen LogP contribution in [0.25, 0.3) is 0 Å². The minimum Gasteiger partial charge on any atom is -0.381 e. The highest BCUT2D eigenvalue weighted by molar-refractivity contribution is 5.98. The molecule has 3 N–H and O–H groups in total. The molecule has 2 rings (SSSR count). The lowest BCUT2D eigenvalue weighted by Gasteiger charge is -2.32. The van der Waals surface area contributed by atoms with E-state index in [2.05, 4.69) is 16.3 Å². The van der Waals surface area contributed by atoms with Crippen LogP contribution in [-0.4, -0.2) is 43.7 Å². The lowest BCUT2D eigenvalue weighted by Crippen LogP contribution is -2.54. The first-order valence-electron chi connectivity index (χ1n) is 7.33. The van der Waals surface area contributed by atoms with E-state index in [4.69, 9.17) is 10.5 Å². The van der Waals surface area contributed by atoms with Gasteiger partial charge in [-0.05, 0) is 51.1 Å². The second kappa shape index (κ2) is 9.45. The molecule has 1 aromatic carbocycles. The monoisotopic (exact) mass is 363 g/mol. The number of ether oxygens (including phenoxy) is 1. The zero-order valence-corrected chi connectivity index (χ0v) is 15.6. The van der Waals surface area contributed by atoms with Gasteiger partial charge in [0, 0.05) is 25.4 Å². The van der Waals surface area contributed by atoms with Gasteiger partial charge < -0.3 is 20.7 Å². The van der Waals surface area contributed by atoms with Crippen molar-refractivity contribution in [1.29, 1.82) is 0 Å². The predicted molar refractivity (Wildman–Crippen MR) is 98.7 cm³/mol. The standard InChI is InChI=1S/C16H25N3O2.2ClH/c1-12-4-5-13(11-19(2)3)10-14(12)18-15(20)16(17)6-8-21-9-7-16;;/h4-5,10H,6-9,11,17H2,1-3H3,(H,18,20);2*1H. The Kier molecular flexibility index (Phi) is 9.10. The molecule has 1 aliphatic rings. The summed E-state index contributed by atoms with van der Waals surface area (Å²) in [7, 11) is 4.05. The van der Waals surface area contributed by atoms with Gasteiger partial charge in [0.15, 0.2) is 0 Å². The van der Waals surface area contributed by atoms with Gasteiger partial charge in [-0.3, -0.25) is 4.79 Å². The Hall–Kier alpha value is -0.850. The van der Waals surface area contributed by atoms with Crippen LogP contribution < -0.4 is 11.1 Å². The number of nitrogens with one attached hydrogen (secondary N) is 1. The lowest BCUT2D eigenvalue weighted by atomic mass is 9.90. The molecule has 0 radical (unpaired) electrons. The molecule has 7 heteroatoms. The maximum atomic E-state index is 12.5. The molecule has 0 spiro atoms. The first kappa shape index (κ1) is 22.1. The number of hydrogen-bond donors (Lipinski definition) is 2. The highest BCUT2D eigenvalue weighted by Crippen LogP contribution is 2.23. The number of benzene rings is 1. The molecule has 5 nitrogen and oxygen atoms in total. The number of aryl methyl sites for hydroxylation is 1. The smallest absolute Gasteiger partial charge is 0.244 e. The largest absolute Gasteiger partial charge is 0.381 e. The number of hydrogen-bond acceptors (Lipinski definition) is 4. The van der Waals surface area contributed by atoms with Gasteiger partial charge in [-0.1, -0.05) is 12.1 Å². The molecule has 1 saturated heterocycles. The van der Waals surface area contributed by atoms with Crippen LogP contribution in [0.2, 0.25) is 0 Å². The van der Waals surface area contributed by atoms with Crippen molar-refractivity contribution in [1.82, 2.24) is 4.90 Å². The third kappa shape index (κ3) is 5.94. The van der Waals surface area contributed by atoms with Gasteiger partial charge in [0.25, 0.3) is 0 Å². The molecule has 0 unspecified atom stereocenters. The molecule has 1 heterocycles. The molecule has 0 saturated carbocycles. The van der Waals surface area contributed by atoms with Crippen molar-refractivity contribution < 1.29 is 9.53 Å². The van der Waals surface area contributed by atoms with Crippen LogP contribution in [0.5, 0.6) is 0 Å². The Balaban J connectivity index is 0.00000242. The van der Waals surface area contributed by atoms with E-state index in [1.807, 2.05) is 33.2 Å². The Morgan fingerprint density at radius 3 is 2.48 bits per heavy atom. The van der Waals surface area contributed by atoms with Gasteiger partial charge >= 0.3 is 0 Å². The Morgan fingerprint density at radius 2 is 1.91 bits per heavy atom. The molecule has 1 aromatic rings. The molecule has 132 valence electrons. The summed E-state index contributed by atoms with van der Waals surface area (Å²) in [6, 6.07) is 6.13. The zero-order chi connectivity index (χ0) is 15.5. The van der Waals surface area contributed by atoms with Crippen LogP contribution in [0.4, 0.5) is 5.69 Å². The second-order valence-electron chi connectivity index (χ2n) is 6.11. The first-order chi connectivity index (χ1) is 9.90. The van der Waals surface area contributed by atoms with Crippen molar-refractivity contribution in [3.05, 3.63) is 29.3 Å². The van der Waals surface area contributed by atoms with Crippen molar-refractivity contribution in [2.45, 2.75) is 31.8 Å². The minimum atomic E-state index is -0.817. The number of amides is 1. The van der Waals surface area contributed by atoms with E-state index in [1.54, 1.807) is 0 Å². The average Bonchev–Trinajstić information content (AvgIpc) is 2.42. The number of anilines is 1. The van der Waals surface area contributed by atoms with E-state index in [0.717, 1.165) is 17.8 Å². The van der Waals surface area contributed by atoms with E-state index >= 15 is 0 Å². The maximum absolute atomic E-state index is 12.5. The van der Waals surface area contributed by atoms with Crippen LogP contribution in [0.1, 0.15) is 24.0 Å². The van der Waals surface area contributed by atoms with Gasteiger partial charge in [0.2, 0.25) is 5.91 Å². The number of nitrogens with two attached hydrogens (primary N) is 1. The number of rotatable bonds is 4. The Labute approximate surface area is 150 Å². The second-order valence-corrected chi connectivity index (χ2v) is 6.11.